The van der Waals surface area contributed by atoms with Crippen molar-refractivity contribution >= 4 is 11.6 Å². The van der Waals surface area contributed by atoms with Crippen LogP contribution in [0.4, 0.5) is 24.8 Å². The summed E-state index contributed by atoms with van der Waals surface area (Å²) in [6.07, 6.45) is -4.00. The smallest absolute Gasteiger partial charge is 0.386 e. The molecule has 2 rings (SSSR count). The summed E-state index contributed by atoms with van der Waals surface area (Å²) in [6, 6.07) is 1.89. The van der Waals surface area contributed by atoms with Crippen molar-refractivity contribution < 1.29 is 23.0 Å². The number of nitrogens with zero attached hydrogens (tertiary/aromatic N) is 1. The Hall–Kier alpha value is -1.54. The van der Waals surface area contributed by atoms with E-state index in [9.17, 15) is 18.3 Å². The zero-order valence-electron chi connectivity index (χ0n) is 11.6. The molecule has 1 atom stereocenters. The van der Waals surface area contributed by atoms with Crippen LogP contribution < -0.4 is 10.6 Å². The third-order valence-corrected chi connectivity index (χ3v) is 3.19. The number of alkyl halides is 3. The van der Waals surface area contributed by atoms with Crippen molar-refractivity contribution in [2.45, 2.75) is 25.1 Å². The van der Waals surface area contributed by atoms with E-state index in [0.717, 1.165) is 12.1 Å². The van der Waals surface area contributed by atoms with Crippen LogP contribution in [0.25, 0.3) is 0 Å². The van der Waals surface area contributed by atoms with Gasteiger partial charge in [0.15, 0.2) is 0 Å². The highest BCUT2D eigenvalue weighted by atomic mass is 19.4. The van der Waals surface area contributed by atoms with E-state index in [1.54, 1.807) is 6.92 Å². The first-order chi connectivity index (χ1) is 9.82. The normalized spacial score (nSPS) is 22.3. The van der Waals surface area contributed by atoms with Crippen LogP contribution >= 0.6 is 0 Å². The van der Waals surface area contributed by atoms with Gasteiger partial charge in [-0.15, -0.1) is 0 Å². The van der Waals surface area contributed by atoms with Gasteiger partial charge in [-0.25, -0.2) is 4.98 Å². The van der Waals surface area contributed by atoms with E-state index in [4.69, 9.17) is 4.74 Å². The summed E-state index contributed by atoms with van der Waals surface area (Å²) in [4.78, 5) is 4.05. The number of rotatable bonds is 5. The van der Waals surface area contributed by atoms with E-state index in [1.807, 2.05) is 0 Å². The molecule has 0 aliphatic carbocycles. The molecule has 1 aromatic rings. The molecule has 0 saturated carbocycles. The lowest BCUT2D eigenvalue weighted by molar-refractivity contribution is -0.137. The van der Waals surface area contributed by atoms with E-state index in [1.165, 1.54) is 0 Å². The summed E-state index contributed by atoms with van der Waals surface area (Å²) in [5, 5.41) is 15.6. The number of hydrogen-bond donors (Lipinski definition) is 3. The lowest BCUT2D eigenvalue weighted by atomic mass is 10.0. The Morgan fingerprint density at radius 3 is 2.52 bits per heavy atom. The van der Waals surface area contributed by atoms with Crippen LogP contribution in [-0.4, -0.2) is 42.0 Å². The zero-order chi connectivity index (χ0) is 15.5. The fraction of sp³-hybridized carbons (Fsp3) is 0.615. The van der Waals surface area contributed by atoms with Crippen molar-refractivity contribution in [2.24, 2.45) is 0 Å². The Balaban J connectivity index is 2.15. The number of ether oxygens (including phenoxy) is 1. The molecule has 0 bridgehead atoms. The monoisotopic (exact) mass is 305 g/mol. The van der Waals surface area contributed by atoms with E-state index >= 15 is 0 Å². The summed E-state index contributed by atoms with van der Waals surface area (Å²) in [7, 11) is 0. The first-order valence-electron chi connectivity index (χ1n) is 6.69. The highest BCUT2D eigenvalue weighted by Gasteiger charge is 2.34. The Kier molecular flexibility index (Phi) is 4.58. The van der Waals surface area contributed by atoms with Crippen molar-refractivity contribution in [3.8, 4) is 0 Å². The van der Waals surface area contributed by atoms with E-state index in [-0.39, 0.29) is 24.8 Å². The summed E-state index contributed by atoms with van der Waals surface area (Å²) in [5.41, 5.74) is -1.85. The number of pyridine rings is 1. The average Bonchev–Trinajstić information content (AvgIpc) is 2.83. The number of nitrogens with one attached hydrogen (secondary N) is 2. The van der Waals surface area contributed by atoms with E-state index < -0.39 is 17.3 Å². The molecule has 21 heavy (non-hydrogen) atoms. The van der Waals surface area contributed by atoms with Crippen molar-refractivity contribution in [1.82, 2.24) is 4.98 Å². The first kappa shape index (κ1) is 15.8. The summed E-state index contributed by atoms with van der Waals surface area (Å²) in [6.45, 7) is 2.93. The van der Waals surface area contributed by atoms with E-state index in [0.29, 0.717) is 19.6 Å². The topological polar surface area (TPSA) is 66.4 Å². The van der Waals surface area contributed by atoms with Crippen LogP contribution in [0, 0.1) is 0 Å². The standard InChI is InChI=1S/C13H18F3N3O2/c1-2-17-10-5-9(13(14,15)16)6-11(19-10)18-7-12(20)3-4-21-8-12/h5-6,20H,2-4,7-8H2,1H3,(H2,17,18,19). The van der Waals surface area contributed by atoms with Crippen LogP contribution in [0.15, 0.2) is 12.1 Å². The van der Waals surface area contributed by atoms with Gasteiger partial charge in [-0.1, -0.05) is 0 Å². The highest BCUT2D eigenvalue weighted by Crippen LogP contribution is 2.32. The molecule has 8 heteroatoms. The fourth-order valence-corrected chi connectivity index (χ4v) is 2.05. The van der Waals surface area contributed by atoms with Gasteiger partial charge in [0.05, 0.1) is 12.2 Å². The minimum absolute atomic E-state index is 0.0705. The average molecular weight is 305 g/mol. The van der Waals surface area contributed by atoms with Gasteiger partial charge < -0.3 is 20.5 Å². The van der Waals surface area contributed by atoms with Gasteiger partial charge in [-0.05, 0) is 19.1 Å². The number of halogens is 3. The second-order valence-electron chi connectivity index (χ2n) is 5.03. The summed E-state index contributed by atoms with van der Waals surface area (Å²) >= 11 is 0. The zero-order valence-corrected chi connectivity index (χ0v) is 11.6. The number of hydrogen-bond acceptors (Lipinski definition) is 5. The van der Waals surface area contributed by atoms with Crippen LogP contribution in [0.5, 0.6) is 0 Å². The minimum atomic E-state index is -4.45. The molecular weight excluding hydrogens is 287 g/mol. The molecule has 1 aliphatic heterocycles. The molecule has 0 aromatic carbocycles. The molecule has 1 fully saturated rings. The van der Waals surface area contributed by atoms with Gasteiger partial charge in [0, 0.05) is 26.1 Å². The van der Waals surface area contributed by atoms with E-state index in [2.05, 4.69) is 15.6 Å². The first-order valence-corrected chi connectivity index (χ1v) is 6.69. The van der Waals surface area contributed by atoms with Crippen molar-refractivity contribution in [1.29, 1.82) is 0 Å². The van der Waals surface area contributed by atoms with Crippen LogP contribution in [0.1, 0.15) is 18.9 Å². The molecule has 1 aromatic heterocycles. The maximum atomic E-state index is 12.9. The van der Waals surface area contributed by atoms with Crippen molar-refractivity contribution in [3.63, 3.8) is 0 Å². The third kappa shape index (κ3) is 4.21. The second kappa shape index (κ2) is 6.07. The Morgan fingerprint density at radius 2 is 2.00 bits per heavy atom. The second-order valence-corrected chi connectivity index (χ2v) is 5.03. The van der Waals surface area contributed by atoms with Crippen LogP contribution in [0.2, 0.25) is 0 Å². The maximum Gasteiger partial charge on any atom is 0.416 e. The molecule has 0 spiro atoms. The van der Waals surface area contributed by atoms with Gasteiger partial charge >= 0.3 is 6.18 Å². The molecule has 1 aliphatic rings. The molecule has 2 heterocycles. The van der Waals surface area contributed by atoms with Crippen LogP contribution in [0.3, 0.4) is 0 Å². The number of anilines is 2. The van der Waals surface area contributed by atoms with Gasteiger partial charge in [0.2, 0.25) is 0 Å². The van der Waals surface area contributed by atoms with Crippen LogP contribution in [-0.2, 0) is 10.9 Å². The maximum absolute atomic E-state index is 12.9. The third-order valence-electron chi connectivity index (χ3n) is 3.19. The van der Waals surface area contributed by atoms with Crippen molar-refractivity contribution in [3.05, 3.63) is 17.7 Å². The molecule has 5 nitrogen and oxygen atoms in total. The number of aliphatic hydroxyl groups is 1. The summed E-state index contributed by atoms with van der Waals surface area (Å²) in [5.74, 6) is 0.214. The largest absolute Gasteiger partial charge is 0.416 e. The van der Waals surface area contributed by atoms with Gasteiger partial charge in [0.25, 0.3) is 0 Å². The van der Waals surface area contributed by atoms with Gasteiger partial charge in [-0.3, -0.25) is 0 Å². The quantitative estimate of drug-likeness (QED) is 0.777. The summed E-state index contributed by atoms with van der Waals surface area (Å²) < 4.78 is 43.6. The number of aromatic nitrogens is 1. The highest BCUT2D eigenvalue weighted by molar-refractivity contribution is 5.50. The lowest BCUT2D eigenvalue weighted by Gasteiger charge is -2.21. The Morgan fingerprint density at radius 1 is 1.33 bits per heavy atom. The molecule has 118 valence electrons. The molecule has 1 saturated heterocycles. The molecule has 3 N–H and O–H groups in total. The fourth-order valence-electron chi connectivity index (χ4n) is 2.05. The molecule has 1 unspecified atom stereocenters. The molecule has 0 amide bonds. The molecular formula is C13H18F3N3O2. The Bertz CT molecular complexity index is 488. The molecule has 0 radical (unpaired) electrons. The SMILES string of the molecule is CCNc1cc(C(F)(F)F)cc(NCC2(O)CCOC2)n1. The predicted molar refractivity (Wildman–Crippen MR) is 72.3 cm³/mol. The van der Waals surface area contributed by atoms with Gasteiger partial charge in [-0.2, -0.15) is 13.2 Å². The van der Waals surface area contributed by atoms with Gasteiger partial charge in [0.1, 0.15) is 17.2 Å². The minimum Gasteiger partial charge on any atom is -0.386 e. The predicted octanol–water partition coefficient (Wildman–Crippen LogP) is 2.10. The Labute approximate surface area is 120 Å². The van der Waals surface area contributed by atoms with Crippen molar-refractivity contribution in [2.75, 3.05) is 36.9 Å². The lowest BCUT2D eigenvalue weighted by Crippen LogP contribution is -2.37.